The molecule has 1 unspecified atom stereocenters. The number of aliphatic hydroxyl groups is 1. The lowest BCUT2D eigenvalue weighted by molar-refractivity contribution is -0.000324. The van der Waals surface area contributed by atoms with Crippen LogP contribution in [-0.2, 0) is 0 Å². The van der Waals surface area contributed by atoms with Crippen molar-refractivity contribution < 1.29 is 9.90 Å². The number of rotatable bonds is 2. The lowest BCUT2D eigenvalue weighted by Crippen LogP contribution is -2.31. The summed E-state index contributed by atoms with van der Waals surface area (Å²) in [6, 6.07) is 13.9. The first-order valence-electron chi connectivity index (χ1n) is 7.83. The highest BCUT2D eigenvalue weighted by Crippen LogP contribution is 2.40. The maximum atomic E-state index is 12.7. The van der Waals surface area contributed by atoms with Crippen molar-refractivity contribution in [2.45, 2.75) is 19.2 Å². The lowest BCUT2D eigenvalue weighted by Gasteiger charge is -2.29. The molecule has 2 heterocycles. The Morgan fingerprint density at radius 3 is 2.68 bits per heavy atom. The number of hydrogen-bond donors (Lipinski definition) is 1. The number of para-hydroxylation sites is 1. The molecule has 25 heavy (non-hydrogen) atoms. The zero-order valence-electron chi connectivity index (χ0n) is 13.3. The molecule has 6 heteroatoms. The SMILES string of the molecule is C[C@@H](c1cc2cccc(Cl)c2nc1Cl)N1C(=O)c2ccccc2C1O. The molecular formula is C19H14Cl2N2O2. The van der Waals surface area contributed by atoms with E-state index in [4.69, 9.17) is 23.2 Å². The second-order valence-electron chi connectivity index (χ2n) is 6.03. The fraction of sp³-hybridized carbons (Fsp3) is 0.158. The van der Waals surface area contributed by atoms with Crippen LogP contribution in [0.1, 0.15) is 40.7 Å². The van der Waals surface area contributed by atoms with Crippen molar-refractivity contribution in [1.82, 2.24) is 9.88 Å². The lowest BCUT2D eigenvalue weighted by atomic mass is 10.1. The topological polar surface area (TPSA) is 53.4 Å². The fourth-order valence-electron chi connectivity index (χ4n) is 3.30. The highest BCUT2D eigenvalue weighted by molar-refractivity contribution is 6.36. The monoisotopic (exact) mass is 372 g/mol. The molecule has 1 aromatic heterocycles. The molecule has 2 aromatic carbocycles. The highest BCUT2D eigenvalue weighted by Gasteiger charge is 2.39. The molecule has 1 amide bonds. The largest absolute Gasteiger partial charge is 0.369 e. The zero-order chi connectivity index (χ0) is 17.7. The van der Waals surface area contributed by atoms with Crippen molar-refractivity contribution in [2.24, 2.45) is 0 Å². The predicted molar refractivity (Wildman–Crippen MR) is 97.7 cm³/mol. The number of halogens is 2. The molecule has 4 rings (SSSR count). The molecule has 126 valence electrons. The van der Waals surface area contributed by atoms with E-state index in [0.29, 0.717) is 27.2 Å². The van der Waals surface area contributed by atoms with Gasteiger partial charge in [-0.05, 0) is 25.1 Å². The van der Waals surface area contributed by atoms with Gasteiger partial charge in [-0.1, -0.05) is 53.5 Å². The van der Waals surface area contributed by atoms with Crippen LogP contribution in [0.15, 0.2) is 48.5 Å². The number of hydrogen-bond acceptors (Lipinski definition) is 3. The minimum absolute atomic E-state index is 0.224. The van der Waals surface area contributed by atoms with Crippen molar-refractivity contribution in [2.75, 3.05) is 0 Å². The molecule has 0 radical (unpaired) electrons. The number of carbonyl (C=O) groups excluding carboxylic acids is 1. The van der Waals surface area contributed by atoms with Crippen LogP contribution in [0.2, 0.25) is 10.2 Å². The molecule has 0 aliphatic carbocycles. The summed E-state index contributed by atoms with van der Waals surface area (Å²) in [6.07, 6.45) is -1.01. The first kappa shape index (κ1) is 16.3. The molecule has 2 atom stereocenters. The van der Waals surface area contributed by atoms with Gasteiger partial charge in [0, 0.05) is 22.1 Å². The van der Waals surface area contributed by atoms with Gasteiger partial charge in [-0.3, -0.25) is 4.79 Å². The first-order valence-corrected chi connectivity index (χ1v) is 8.59. The Labute approximate surface area is 154 Å². The molecule has 1 N–H and O–H groups in total. The number of benzene rings is 2. The normalized spacial score (nSPS) is 17.8. The number of fused-ring (bicyclic) bond motifs is 2. The number of nitrogens with zero attached hydrogens (tertiary/aromatic N) is 2. The third kappa shape index (κ3) is 2.49. The van der Waals surface area contributed by atoms with E-state index in [-0.39, 0.29) is 11.1 Å². The summed E-state index contributed by atoms with van der Waals surface area (Å²) in [4.78, 5) is 18.5. The van der Waals surface area contributed by atoms with Crippen LogP contribution < -0.4 is 0 Å². The van der Waals surface area contributed by atoms with E-state index in [2.05, 4.69) is 4.98 Å². The van der Waals surface area contributed by atoms with Gasteiger partial charge in [-0.25, -0.2) is 4.98 Å². The Kier molecular flexibility index (Phi) is 3.91. The van der Waals surface area contributed by atoms with Crippen molar-refractivity contribution in [3.63, 3.8) is 0 Å². The highest BCUT2D eigenvalue weighted by atomic mass is 35.5. The van der Waals surface area contributed by atoms with Crippen LogP contribution in [-0.4, -0.2) is 20.9 Å². The molecular weight excluding hydrogens is 359 g/mol. The predicted octanol–water partition coefficient (Wildman–Crippen LogP) is 4.75. The Bertz CT molecular complexity index is 1010. The maximum Gasteiger partial charge on any atom is 0.257 e. The van der Waals surface area contributed by atoms with Gasteiger partial charge in [0.05, 0.1) is 16.6 Å². The smallest absolute Gasteiger partial charge is 0.257 e. The third-order valence-electron chi connectivity index (χ3n) is 4.61. The Morgan fingerprint density at radius 2 is 1.92 bits per heavy atom. The number of amides is 1. The average Bonchev–Trinajstić information content (AvgIpc) is 2.86. The number of aromatic nitrogens is 1. The summed E-state index contributed by atoms with van der Waals surface area (Å²) in [5, 5.41) is 12.2. The van der Waals surface area contributed by atoms with Crippen molar-refractivity contribution in [3.8, 4) is 0 Å². The number of pyridine rings is 1. The summed E-state index contributed by atoms with van der Waals surface area (Å²) in [7, 11) is 0. The van der Waals surface area contributed by atoms with Gasteiger partial charge in [-0.15, -0.1) is 0 Å². The molecule has 0 bridgehead atoms. The summed E-state index contributed by atoms with van der Waals surface area (Å²) in [5.41, 5.74) is 2.39. The molecule has 0 spiro atoms. The van der Waals surface area contributed by atoms with Crippen LogP contribution >= 0.6 is 23.2 Å². The van der Waals surface area contributed by atoms with Gasteiger partial charge in [0.25, 0.3) is 5.91 Å². The Hall–Kier alpha value is -2.14. The molecule has 4 nitrogen and oxygen atoms in total. The zero-order valence-corrected chi connectivity index (χ0v) is 14.8. The van der Waals surface area contributed by atoms with Gasteiger partial charge >= 0.3 is 0 Å². The summed E-state index contributed by atoms with van der Waals surface area (Å²) >= 11 is 12.5. The van der Waals surface area contributed by atoms with Crippen molar-refractivity contribution in [1.29, 1.82) is 0 Å². The van der Waals surface area contributed by atoms with Gasteiger partial charge in [0.1, 0.15) is 5.15 Å². The Balaban J connectivity index is 1.80. The van der Waals surface area contributed by atoms with Gasteiger partial charge in [0.2, 0.25) is 0 Å². The van der Waals surface area contributed by atoms with Crippen molar-refractivity contribution >= 4 is 40.0 Å². The van der Waals surface area contributed by atoms with Crippen LogP contribution in [0.5, 0.6) is 0 Å². The van der Waals surface area contributed by atoms with Crippen LogP contribution in [0, 0.1) is 0 Å². The van der Waals surface area contributed by atoms with E-state index in [1.807, 2.05) is 25.1 Å². The van der Waals surface area contributed by atoms with Crippen LogP contribution in [0.25, 0.3) is 10.9 Å². The van der Waals surface area contributed by atoms with E-state index in [1.54, 1.807) is 30.3 Å². The average molecular weight is 373 g/mol. The first-order chi connectivity index (χ1) is 12.0. The van der Waals surface area contributed by atoms with E-state index >= 15 is 0 Å². The van der Waals surface area contributed by atoms with Gasteiger partial charge < -0.3 is 10.0 Å². The van der Waals surface area contributed by atoms with Gasteiger partial charge in [-0.2, -0.15) is 0 Å². The van der Waals surface area contributed by atoms with E-state index in [1.165, 1.54) is 4.90 Å². The Morgan fingerprint density at radius 1 is 1.16 bits per heavy atom. The minimum Gasteiger partial charge on any atom is -0.369 e. The molecule has 1 aliphatic heterocycles. The quantitative estimate of drug-likeness (QED) is 0.660. The van der Waals surface area contributed by atoms with Crippen molar-refractivity contribution in [3.05, 3.63) is 75.4 Å². The number of aliphatic hydroxyl groups excluding tert-OH is 1. The second-order valence-corrected chi connectivity index (χ2v) is 6.79. The molecule has 0 fully saturated rings. The van der Waals surface area contributed by atoms with Crippen LogP contribution in [0.3, 0.4) is 0 Å². The molecule has 0 saturated heterocycles. The third-order valence-corrected chi connectivity index (χ3v) is 5.22. The van der Waals surface area contributed by atoms with E-state index < -0.39 is 12.3 Å². The molecule has 0 saturated carbocycles. The summed E-state index contributed by atoms with van der Waals surface area (Å²) in [5.74, 6) is -0.224. The maximum absolute atomic E-state index is 12.7. The fourth-order valence-corrected chi connectivity index (χ4v) is 3.82. The van der Waals surface area contributed by atoms with Gasteiger partial charge in [0.15, 0.2) is 6.23 Å². The molecule has 1 aliphatic rings. The van der Waals surface area contributed by atoms with Crippen LogP contribution in [0.4, 0.5) is 0 Å². The molecule has 3 aromatic rings. The minimum atomic E-state index is -1.01. The van der Waals surface area contributed by atoms with E-state index in [0.717, 1.165) is 5.39 Å². The number of carbonyl (C=O) groups is 1. The second kappa shape index (κ2) is 5.99. The summed E-state index contributed by atoms with van der Waals surface area (Å²) in [6.45, 7) is 1.83. The summed E-state index contributed by atoms with van der Waals surface area (Å²) < 4.78 is 0. The van der Waals surface area contributed by atoms with E-state index in [9.17, 15) is 9.90 Å². The standard InChI is InChI=1S/C19H14Cl2N2O2/c1-10(23-18(24)12-6-2-3-7-13(12)19(23)25)14-9-11-5-4-8-15(20)16(11)22-17(14)21/h2-10,18,24H,1H3/t10-,18?/m0/s1.